The van der Waals surface area contributed by atoms with Crippen molar-refractivity contribution in [2.75, 3.05) is 5.75 Å². The van der Waals surface area contributed by atoms with Crippen molar-refractivity contribution in [3.63, 3.8) is 0 Å². The second kappa shape index (κ2) is 2.51. The van der Waals surface area contributed by atoms with Gasteiger partial charge in [0.15, 0.2) is 9.84 Å². The highest BCUT2D eigenvalue weighted by Crippen LogP contribution is 2.23. The molecule has 0 saturated carbocycles. The van der Waals surface area contributed by atoms with Crippen LogP contribution in [-0.2, 0) is 9.84 Å². The fraction of sp³-hybridized carbons (Fsp3) is 1.00. The van der Waals surface area contributed by atoms with Gasteiger partial charge in [-0.25, -0.2) is 8.42 Å². The van der Waals surface area contributed by atoms with Gasteiger partial charge in [0.2, 0.25) is 0 Å². The van der Waals surface area contributed by atoms with E-state index in [1.165, 1.54) is 0 Å². The Morgan fingerprint density at radius 1 is 1.60 bits per heavy atom. The summed E-state index contributed by atoms with van der Waals surface area (Å²) in [5.74, 6) is 0.192. The fourth-order valence-corrected chi connectivity index (χ4v) is 3.20. The van der Waals surface area contributed by atoms with E-state index in [0.717, 1.165) is 12.8 Å². The molecule has 1 heterocycles. The zero-order chi connectivity index (χ0) is 7.78. The molecule has 0 aromatic rings. The van der Waals surface area contributed by atoms with E-state index in [-0.39, 0.29) is 17.0 Å². The normalized spacial score (nSPS) is 37.0. The average Bonchev–Trinajstić information content (AvgIpc) is 1.82. The van der Waals surface area contributed by atoms with Crippen LogP contribution in [0.5, 0.6) is 0 Å². The van der Waals surface area contributed by atoms with Crippen molar-refractivity contribution in [2.45, 2.75) is 31.1 Å². The summed E-state index contributed by atoms with van der Waals surface area (Å²) in [4.78, 5) is 0. The Morgan fingerprint density at radius 2 is 2.20 bits per heavy atom. The van der Waals surface area contributed by atoms with Crippen molar-refractivity contribution in [1.82, 2.24) is 0 Å². The van der Waals surface area contributed by atoms with E-state index in [0.29, 0.717) is 0 Å². The van der Waals surface area contributed by atoms with Gasteiger partial charge in [0.05, 0.1) is 11.0 Å². The smallest absolute Gasteiger partial charge is 0.156 e. The van der Waals surface area contributed by atoms with Gasteiger partial charge in [-0.2, -0.15) is 0 Å². The predicted octanol–water partition coefficient (Wildman–Crippen LogP) is -0.0892. The van der Waals surface area contributed by atoms with Crippen LogP contribution in [0.2, 0.25) is 0 Å². The Bertz CT molecular complexity index is 210. The average molecular weight is 163 g/mol. The van der Waals surface area contributed by atoms with Crippen molar-refractivity contribution in [3.8, 4) is 0 Å². The molecule has 0 aromatic heterocycles. The zero-order valence-electron chi connectivity index (χ0n) is 6.08. The molecule has 1 fully saturated rings. The Kier molecular flexibility index (Phi) is 2.01. The monoisotopic (exact) mass is 163 g/mol. The maximum Gasteiger partial charge on any atom is 0.156 e. The topological polar surface area (TPSA) is 60.2 Å². The van der Waals surface area contributed by atoms with Gasteiger partial charge in [0.1, 0.15) is 0 Å². The first-order valence-corrected chi connectivity index (χ1v) is 5.26. The van der Waals surface area contributed by atoms with Crippen LogP contribution in [0.25, 0.3) is 0 Å². The molecule has 2 atom stereocenters. The lowest BCUT2D eigenvalue weighted by molar-refractivity contribution is 0.496. The van der Waals surface area contributed by atoms with Crippen molar-refractivity contribution in [2.24, 2.45) is 5.73 Å². The molecule has 0 aliphatic carbocycles. The van der Waals surface area contributed by atoms with E-state index in [9.17, 15) is 8.42 Å². The van der Waals surface area contributed by atoms with E-state index in [1.807, 2.05) is 6.92 Å². The summed E-state index contributed by atoms with van der Waals surface area (Å²) in [7, 11) is -2.76. The van der Waals surface area contributed by atoms with Gasteiger partial charge in [-0.15, -0.1) is 0 Å². The molecule has 1 rings (SSSR count). The highest BCUT2D eigenvalue weighted by Gasteiger charge is 2.42. The van der Waals surface area contributed by atoms with Gasteiger partial charge >= 0.3 is 0 Å². The Hall–Kier alpha value is -0.0900. The molecule has 4 heteroatoms. The van der Waals surface area contributed by atoms with E-state index < -0.39 is 9.84 Å². The molecule has 0 spiro atoms. The van der Waals surface area contributed by atoms with Crippen molar-refractivity contribution in [3.05, 3.63) is 0 Å². The van der Waals surface area contributed by atoms with Crippen LogP contribution in [0.1, 0.15) is 19.8 Å². The van der Waals surface area contributed by atoms with Crippen LogP contribution in [0.4, 0.5) is 0 Å². The molecule has 3 nitrogen and oxygen atoms in total. The van der Waals surface area contributed by atoms with Crippen LogP contribution >= 0.6 is 0 Å². The molecule has 2 unspecified atom stereocenters. The maximum atomic E-state index is 10.9. The van der Waals surface area contributed by atoms with Gasteiger partial charge in [-0.3, -0.25) is 0 Å². The quantitative estimate of drug-likeness (QED) is 0.619. The third-order valence-corrected chi connectivity index (χ3v) is 4.29. The highest BCUT2D eigenvalue weighted by molar-refractivity contribution is 7.93. The lowest BCUT2D eigenvalue weighted by atomic mass is 10.1. The summed E-state index contributed by atoms with van der Waals surface area (Å²) < 4.78 is 21.9. The van der Waals surface area contributed by atoms with Gasteiger partial charge in [0.25, 0.3) is 0 Å². The molecule has 10 heavy (non-hydrogen) atoms. The summed E-state index contributed by atoms with van der Waals surface area (Å²) in [6.07, 6.45) is 1.63. The summed E-state index contributed by atoms with van der Waals surface area (Å²) in [6.45, 7) is 1.97. The molecule has 0 aromatic carbocycles. The molecule has 1 saturated heterocycles. The second-order valence-corrected chi connectivity index (χ2v) is 5.09. The Labute approximate surface area is 61.5 Å². The van der Waals surface area contributed by atoms with E-state index in [2.05, 4.69) is 0 Å². The molecular weight excluding hydrogens is 150 g/mol. The van der Waals surface area contributed by atoms with Crippen LogP contribution < -0.4 is 5.73 Å². The lowest BCUT2D eigenvalue weighted by Gasteiger charge is -2.32. The van der Waals surface area contributed by atoms with Gasteiger partial charge < -0.3 is 5.73 Å². The van der Waals surface area contributed by atoms with Crippen molar-refractivity contribution >= 4 is 9.84 Å². The number of sulfone groups is 1. The first-order valence-electron chi connectivity index (χ1n) is 3.55. The largest absolute Gasteiger partial charge is 0.326 e. The van der Waals surface area contributed by atoms with Crippen molar-refractivity contribution in [1.29, 1.82) is 0 Å². The number of hydrogen-bond acceptors (Lipinski definition) is 3. The second-order valence-electron chi connectivity index (χ2n) is 2.82. The third-order valence-electron chi connectivity index (χ3n) is 1.94. The van der Waals surface area contributed by atoms with E-state index in [1.54, 1.807) is 0 Å². The third kappa shape index (κ3) is 1.18. The van der Waals surface area contributed by atoms with Gasteiger partial charge in [-0.1, -0.05) is 13.3 Å². The van der Waals surface area contributed by atoms with Gasteiger partial charge in [-0.05, 0) is 6.42 Å². The standard InChI is InChI=1S/C6H13NO2S/c1-2-3-6-5(7)4-10(6,8)9/h5-6H,2-4,7H2,1H3. The molecule has 2 N–H and O–H groups in total. The van der Waals surface area contributed by atoms with E-state index >= 15 is 0 Å². The number of nitrogens with two attached hydrogens (primary N) is 1. The summed E-state index contributed by atoms with van der Waals surface area (Å²) in [6, 6.07) is -0.0926. The SMILES string of the molecule is CCCC1C(N)CS1(=O)=O. The first kappa shape index (κ1) is 8.01. The molecular formula is C6H13NO2S. The summed E-state index contributed by atoms with van der Waals surface area (Å²) in [5.41, 5.74) is 5.51. The molecule has 0 bridgehead atoms. The lowest BCUT2D eigenvalue weighted by Crippen LogP contribution is -2.56. The van der Waals surface area contributed by atoms with Crippen LogP contribution in [0, 0.1) is 0 Å². The van der Waals surface area contributed by atoms with E-state index in [4.69, 9.17) is 5.73 Å². The maximum absolute atomic E-state index is 10.9. The molecule has 60 valence electrons. The van der Waals surface area contributed by atoms with Gasteiger partial charge in [0, 0.05) is 6.04 Å². The minimum atomic E-state index is -2.76. The van der Waals surface area contributed by atoms with Crippen molar-refractivity contribution < 1.29 is 8.42 Å². The molecule has 1 aliphatic rings. The van der Waals surface area contributed by atoms with Crippen LogP contribution in [-0.4, -0.2) is 25.5 Å². The first-order chi connectivity index (χ1) is 4.58. The highest BCUT2D eigenvalue weighted by atomic mass is 32.2. The predicted molar refractivity (Wildman–Crippen MR) is 40.5 cm³/mol. The molecule has 1 aliphatic heterocycles. The van der Waals surface area contributed by atoms with Crippen LogP contribution in [0.3, 0.4) is 0 Å². The fourth-order valence-electron chi connectivity index (χ4n) is 1.32. The number of rotatable bonds is 2. The molecule has 0 amide bonds. The molecule has 0 radical (unpaired) electrons. The summed E-state index contributed by atoms with van der Waals surface area (Å²) >= 11 is 0. The number of hydrogen-bond donors (Lipinski definition) is 1. The minimum Gasteiger partial charge on any atom is -0.326 e. The summed E-state index contributed by atoms with van der Waals surface area (Å²) in [5, 5.41) is -0.238. The minimum absolute atomic E-state index is 0.0926. The Morgan fingerprint density at radius 3 is 2.40 bits per heavy atom. The Balaban J connectivity index is 2.57. The zero-order valence-corrected chi connectivity index (χ0v) is 6.89. The van der Waals surface area contributed by atoms with Crippen LogP contribution in [0.15, 0.2) is 0 Å².